The van der Waals surface area contributed by atoms with E-state index in [1.807, 2.05) is 32.0 Å². The zero-order chi connectivity index (χ0) is 14.9. The predicted octanol–water partition coefficient (Wildman–Crippen LogP) is 0.909. The Bertz CT molecular complexity index is 645. The Kier molecular flexibility index (Phi) is 3.42. The van der Waals surface area contributed by atoms with E-state index < -0.39 is 0 Å². The van der Waals surface area contributed by atoms with Crippen LogP contribution in [0.15, 0.2) is 24.5 Å². The number of hydrogen-bond acceptors (Lipinski definition) is 5. The number of anilines is 1. The molecule has 7 nitrogen and oxygen atoms in total. The minimum absolute atomic E-state index is 0.0575. The molecule has 110 valence electrons. The van der Waals surface area contributed by atoms with Crippen LogP contribution in [0.25, 0.3) is 5.69 Å². The lowest BCUT2D eigenvalue weighted by Gasteiger charge is -2.21. The Morgan fingerprint density at radius 2 is 2.33 bits per heavy atom. The highest BCUT2D eigenvalue weighted by Gasteiger charge is 2.36. The van der Waals surface area contributed by atoms with Gasteiger partial charge in [-0.3, -0.25) is 4.79 Å². The first-order valence-electron chi connectivity index (χ1n) is 6.95. The largest absolute Gasteiger partial charge is 0.326 e. The minimum atomic E-state index is -0.331. The lowest BCUT2D eigenvalue weighted by molar-refractivity contribution is -0.123. The molecular weight excluding hydrogens is 268 g/mol. The number of carbonyl (C=O) groups is 1. The number of aromatic nitrogens is 4. The molecule has 0 saturated carbocycles. The van der Waals surface area contributed by atoms with Crippen LogP contribution in [0.1, 0.15) is 18.9 Å². The number of rotatable bonds is 3. The molecule has 7 heteroatoms. The summed E-state index contributed by atoms with van der Waals surface area (Å²) in [6, 6.07) is 5.70. The van der Waals surface area contributed by atoms with Crippen molar-refractivity contribution in [2.24, 2.45) is 5.41 Å². The van der Waals surface area contributed by atoms with Crippen molar-refractivity contribution >= 4 is 11.6 Å². The van der Waals surface area contributed by atoms with E-state index in [1.54, 1.807) is 11.0 Å². The molecule has 1 fully saturated rings. The van der Waals surface area contributed by atoms with Gasteiger partial charge in [-0.05, 0) is 61.0 Å². The van der Waals surface area contributed by atoms with Gasteiger partial charge in [0.15, 0.2) is 0 Å². The monoisotopic (exact) mass is 286 g/mol. The van der Waals surface area contributed by atoms with Gasteiger partial charge < -0.3 is 10.6 Å². The zero-order valence-electron chi connectivity index (χ0n) is 12.1. The number of aryl methyl sites for hydroxylation is 1. The third-order valence-corrected chi connectivity index (χ3v) is 3.97. The molecule has 1 aromatic heterocycles. The van der Waals surface area contributed by atoms with Gasteiger partial charge in [0.1, 0.15) is 6.33 Å². The van der Waals surface area contributed by atoms with Crippen LogP contribution in [0.4, 0.5) is 5.69 Å². The van der Waals surface area contributed by atoms with Crippen LogP contribution in [-0.2, 0) is 4.79 Å². The molecule has 3 rings (SSSR count). The lowest BCUT2D eigenvalue weighted by Crippen LogP contribution is -2.35. The van der Waals surface area contributed by atoms with E-state index in [-0.39, 0.29) is 11.3 Å². The first kappa shape index (κ1) is 13.7. The molecule has 0 aliphatic carbocycles. The first-order valence-corrected chi connectivity index (χ1v) is 6.95. The van der Waals surface area contributed by atoms with E-state index in [2.05, 4.69) is 26.2 Å². The summed E-state index contributed by atoms with van der Waals surface area (Å²) in [5.74, 6) is 0.0575. The van der Waals surface area contributed by atoms with Crippen molar-refractivity contribution in [2.45, 2.75) is 20.3 Å². The summed E-state index contributed by atoms with van der Waals surface area (Å²) in [5.41, 5.74) is 2.35. The van der Waals surface area contributed by atoms with Gasteiger partial charge in [0.05, 0.1) is 11.1 Å². The zero-order valence-corrected chi connectivity index (χ0v) is 12.1. The molecule has 1 aromatic carbocycles. The normalized spacial score (nSPS) is 21.4. The van der Waals surface area contributed by atoms with E-state index in [0.717, 1.165) is 36.4 Å². The molecule has 21 heavy (non-hydrogen) atoms. The van der Waals surface area contributed by atoms with Gasteiger partial charge in [0.2, 0.25) is 5.91 Å². The maximum atomic E-state index is 12.4. The Labute approximate surface area is 122 Å². The summed E-state index contributed by atoms with van der Waals surface area (Å²) < 4.78 is 1.60. The van der Waals surface area contributed by atoms with E-state index in [0.29, 0.717) is 0 Å². The fourth-order valence-corrected chi connectivity index (χ4v) is 2.55. The Morgan fingerprint density at radius 1 is 1.48 bits per heavy atom. The summed E-state index contributed by atoms with van der Waals surface area (Å²) in [6.45, 7) is 5.57. The van der Waals surface area contributed by atoms with Gasteiger partial charge in [-0.2, -0.15) is 0 Å². The van der Waals surface area contributed by atoms with Gasteiger partial charge in [-0.15, -0.1) is 5.10 Å². The van der Waals surface area contributed by atoms with Gasteiger partial charge in [0, 0.05) is 12.2 Å². The minimum Gasteiger partial charge on any atom is -0.326 e. The first-order chi connectivity index (χ1) is 10.1. The van der Waals surface area contributed by atoms with Crippen molar-refractivity contribution in [1.82, 2.24) is 25.5 Å². The van der Waals surface area contributed by atoms with Gasteiger partial charge in [-0.1, -0.05) is 0 Å². The Hall–Kier alpha value is -2.28. The molecule has 1 aliphatic rings. The van der Waals surface area contributed by atoms with Gasteiger partial charge >= 0.3 is 0 Å². The maximum Gasteiger partial charge on any atom is 0.231 e. The molecule has 0 radical (unpaired) electrons. The highest BCUT2D eigenvalue weighted by atomic mass is 16.2. The molecule has 1 amide bonds. The van der Waals surface area contributed by atoms with Gasteiger partial charge in [0.25, 0.3) is 0 Å². The second kappa shape index (κ2) is 5.25. The van der Waals surface area contributed by atoms with Crippen LogP contribution in [0.5, 0.6) is 0 Å². The predicted molar refractivity (Wildman–Crippen MR) is 78.1 cm³/mol. The molecule has 1 saturated heterocycles. The summed E-state index contributed by atoms with van der Waals surface area (Å²) in [5, 5.41) is 17.4. The molecule has 1 aliphatic heterocycles. The number of hydrogen-bond donors (Lipinski definition) is 2. The SMILES string of the molecule is Cc1cc(NC(=O)C2(C)CCNC2)ccc1-n1cnnn1. The smallest absolute Gasteiger partial charge is 0.231 e. The van der Waals surface area contributed by atoms with E-state index in [9.17, 15) is 4.79 Å². The Morgan fingerprint density at radius 3 is 2.95 bits per heavy atom. The van der Waals surface area contributed by atoms with Crippen molar-refractivity contribution in [3.63, 3.8) is 0 Å². The molecule has 0 spiro atoms. The summed E-state index contributed by atoms with van der Waals surface area (Å²) >= 11 is 0. The molecule has 1 unspecified atom stereocenters. The van der Waals surface area contributed by atoms with E-state index in [4.69, 9.17) is 0 Å². The fourth-order valence-electron chi connectivity index (χ4n) is 2.55. The second-order valence-electron chi connectivity index (χ2n) is 5.70. The van der Waals surface area contributed by atoms with Crippen LogP contribution in [0.2, 0.25) is 0 Å². The van der Waals surface area contributed by atoms with Crippen LogP contribution < -0.4 is 10.6 Å². The third kappa shape index (κ3) is 2.64. The van der Waals surface area contributed by atoms with Crippen molar-refractivity contribution in [1.29, 1.82) is 0 Å². The lowest BCUT2D eigenvalue weighted by atomic mass is 9.88. The molecule has 0 bridgehead atoms. The molecule has 2 N–H and O–H groups in total. The molecule has 2 aromatic rings. The summed E-state index contributed by atoms with van der Waals surface area (Å²) in [4.78, 5) is 12.4. The highest BCUT2D eigenvalue weighted by molar-refractivity contribution is 5.95. The van der Waals surface area contributed by atoms with E-state index >= 15 is 0 Å². The molecular formula is C14H18N6O. The van der Waals surface area contributed by atoms with Crippen LogP contribution >= 0.6 is 0 Å². The number of amides is 1. The average Bonchev–Trinajstić information content (AvgIpc) is 3.11. The van der Waals surface area contributed by atoms with Gasteiger partial charge in [-0.25, -0.2) is 4.68 Å². The number of nitrogens with one attached hydrogen (secondary N) is 2. The number of carbonyl (C=O) groups excluding carboxylic acids is 1. The standard InChI is InChI=1S/C14H18N6O/c1-10-7-11(3-4-12(10)20-9-16-18-19-20)17-13(21)14(2)5-6-15-8-14/h3-4,7,9,15H,5-6,8H2,1-2H3,(H,17,21). The third-order valence-electron chi connectivity index (χ3n) is 3.97. The molecule has 2 heterocycles. The summed E-state index contributed by atoms with van der Waals surface area (Å²) in [7, 11) is 0. The molecule has 1 atom stereocenters. The van der Waals surface area contributed by atoms with Crippen molar-refractivity contribution in [3.05, 3.63) is 30.1 Å². The van der Waals surface area contributed by atoms with Crippen molar-refractivity contribution < 1.29 is 4.79 Å². The maximum absolute atomic E-state index is 12.4. The average molecular weight is 286 g/mol. The van der Waals surface area contributed by atoms with Crippen molar-refractivity contribution in [3.8, 4) is 5.69 Å². The van der Waals surface area contributed by atoms with E-state index in [1.165, 1.54) is 0 Å². The second-order valence-corrected chi connectivity index (χ2v) is 5.70. The number of nitrogens with zero attached hydrogens (tertiary/aromatic N) is 4. The quantitative estimate of drug-likeness (QED) is 0.876. The van der Waals surface area contributed by atoms with Crippen LogP contribution in [-0.4, -0.2) is 39.2 Å². The fraction of sp³-hybridized carbons (Fsp3) is 0.429. The van der Waals surface area contributed by atoms with Crippen LogP contribution in [0, 0.1) is 12.3 Å². The van der Waals surface area contributed by atoms with Crippen molar-refractivity contribution in [2.75, 3.05) is 18.4 Å². The number of benzene rings is 1. The number of tetrazole rings is 1. The summed E-state index contributed by atoms with van der Waals surface area (Å²) in [6.07, 6.45) is 2.41. The van der Waals surface area contributed by atoms with Crippen LogP contribution in [0.3, 0.4) is 0 Å². The topological polar surface area (TPSA) is 84.7 Å². The highest BCUT2D eigenvalue weighted by Crippen LogP contribution is 2.27. The Balaban J connectivity index is 1.78.